The number of furan rings is 1. The first-order chi connectivity index (χ1) is 5.38. The lowest BCUT2D eigenvalue weighted by atomic mass is 10.0. The van der Waals surface area contributed by atoms with Gasteiger partial charge in [-0.05, 0) is 18.6 Å². The van der Waals surface area contributed by atoms with Crippen molar-refractivity contribution in [2.45, 2.75) is 25.7 Å². The largest absolute Gasteiger partial charge is 0.469 e. The Kier molecular flexibility index (Phi) is 3.17. The number of hydrogen-bond acceptors (Lipinski definition) is 2. The summed E-state index contributed by atoms with van der Waals surface area (Å²) in [5.74, 6) is 1.43. The molecule has 2 heteroatoms. The zero-order valence-electron chi connectivity index (χ0n) is 6.92. The van der Waals surface area contributed by atoms with Crippen LogP contribution in [0.4, 0.5) is 0 Å². The molecule has 0 saturated carbocycles. The molecule has 0 radical (unpaired) electrons. The first kappa shape index (κ1) is 8.34. The predicted octanol–water partition coefficient (Wildman–Crippen LogP) is 2.12. The topological polar surface area (TPSA) is 39.2 Å². The molecule has 0 aliphatic carbocycles. The standard InChI is InChI=1S/C9H15NO/c1-2-4-8(7-10)9-5-3-6-11-9/h3,5-6,8H,2,4,7,10H2,1H3. The van der Waals surface area contributed by atoms with Crippen LogP contribution in [0.1, 0.15) is 31.4 Å². The minimum absolute atomic E-state index is 0.412. The molecule has 1 unspecified atom stereocenters. The van der Waals surface area contributed by atoms with Gasteiger partial charge in [0.25, 0.3) is 0 Å². The van der Waals surface area contributed by atoms with Crippen LogP contribution in [0.5, 0.6) is 0 Å². The molecule has 1 rings (SSSR count). The molecule has 0 bridgehead atoms. The summed E-state index contributed by atoms with van der Waals surface area (Å²) in [6.45, 7) is 2.84. The van der Waals surface area contributed by atoms with Crippen LogP contribution in [0.2, 0.25) is 0 Å². The zero-order chi connectivity index (χ0) is 8.10. The lowest BCUT2D eigenvalue weighted by Gasteiger charge is -2.09. The lowest BCUT2D eigenvalue weighted by Crippen LogP contribution is -2.11. The number of nitrogens with two attached hydrogens (primary N) is 1. The summed E-state index contributed by atoms with van der Waals surface area (Å²) in [6, 6.07) is 3.90. The minimum atomic E-state index is 0.412. The van der Waals surface area contributed by atoms with Crippen LogP contribution in [0.25, 0.3) is 0 Å². The molecule has 0 aliphatic heterocycles. The molecule has 0 spiro atoms. The quantitative estimate of drug-likeness (QED) is 0.719. The molecule has 2 nitrogen and oxygen atoms in total. The molecule has 0 fully saturated rings. The van der Waals surface area contributed by atoms with Gasteiger partial charge in [-0.25, -0.2) is 0 Å². The third-order valence-electron chi connectivity index (χ3n) is 1.87. The summed E-state index contributed by atoms with van der Waals surface area (Å²) in [4.78, 5) is 0. The molecule has 1 atom stereocenters. The molecule has 1 aromatic heterocycles. The summed E-state index contributed by atoms with van der Waals surface area (Å²) >= 11 is 0. The Morgan fingerprint density at radius 2 is 2.45 bits per heavy atom. The first-order valence-corrected chi connectivity index (χ1v) is 4.12. The maximum atomic E-state index is 5.59. The first-order valence-electron chi connectivity index (χ1n) is 4.12. The van der Waals surface area contributed by atoms with Crippen molar-refractivity contribution in [3.05, 3.63) is 24.2 Å². The Bertz CT molecular complexity index is 181. The van der Waals surface area contributed by atoms with Crippen LogP contribution in [0, 0.1) is 0 Å². The molecule has 11 heavy (non-hydrogen) atoms. The molecule has 2 N–H and O–H groups in total. The van der Waals surface area contributed by atoms with Crippen LogP contribution in [0.15, 0.2) is 22.8 Å². The highest BCUT2D eigenvalue weighted by atomic mass is 16.3. The van der Waals surface area contributed by atoms with Crippen molar-refractivity contribution in [3.63, 3.8) is 0 Å². The maximum Gasteiger partial charge on any atom is 0.108 e. The highest BCUT2D eigenvalue weighted by Gasteiger charge is 2.10. The molecule has 0 aromatic carbocycles. The van der Waals surface area contributed by atoms with Crippen molar-refractivity contribution in [2.24, 2.45) is 5.73 Å². The van der Waals surface area contributed by atoms with Crippen LogP contribution in [0.3, 0.4) is 0 Å². The predicted molar refractivity (Wildman–Crippen MR) is 45.4 cm³/mol. The smallest absolute Gasteiger partial charge is 0.108 e. The van der Waals surface area contributed by atoms with Crippen molar-refractivity contribution in [1.82, 2.24) is 0 Å². The van der Waals surface area contributed by atoms with E-state index in [1.807, 2.05) is 12.1 Å². The van der Waals surface area contributed by atoms with Crippen molar-refractivity contribution < 1.29 is 4.42 Å². The van der Waals surface area contributed by atoms with Crippen molar-refractivity contribution in [2.75, 3.05) is 6.54 Å². The molecular weight excluding hydrogens is 138 g/mol. The Morgan fingerprint density at radius 3 is 2.91 bits per heavy atom. The van der Waals surface area contributed by atoms with Gasteiger partial charge < -0.3 is 10.2 Å². The van der Waals surface area contributed by atoms with E-state index in [0.29, 0.717) is 12.5 Å². The summed E-state index contributed by atoms with van der Waals surface area (Å²) in [7, 11) is 0. The summed E-state index contributed by atoms with van der Waals surface area (Å²) in [5, 5.41) is 0. The molecule has 1 heterocycles. The van der Waals surface area contributed by atoms with Crippen LogP contribution in [-0.2, 0) is 0 Å². The van der Waals surface area contributed by atoms with Gasteiger partial charge in [-0.15, -0.1) is 0 Å². The summed E-state index contributed by atoms with van der Waals surface area (Å²) in [5.41, 5.74) is 5.59. The summed E-state index contributed by atoms with van der Waals surface area (Å²) < 4.78 is 5.26. The molecule has 62 valence electrons. The highest BCUT2D eigenvalue weighted by Crippen LogP contribution is 2.19. The van der Waals surface area contributed by atoms with E-state index < -0.39 is 0 Å². The van der Waals surface area contributed by atoms with E-state index in [2.05, 4.69) is 6.92 Å². The van der Waals surface area contributed by atoms with Crippen molar-refractivity contribution in [1.29, 1.82) is 0 Å². The van der Waals surface area contributed by atoms with Gasteiger partial charge in [0.1, 0.15) is 5.76 Å². The van der Waals surface area contributed by atoms with Crippen LogP contribution >= 0.6 is 0 Å². The van der Waals surface area contributed by atoms with Crippen LogP contribution < -0.4 is 5.73 Å². The third-order valence-corrected chi connectivity index (χ3v) is 1.87. The van der Waals surface area contributed by atoms with Gasteiger partial charge in [0.05, 0.1) is 6.26 Å². The van der Waals surface area contributed by atoms with Gasteiger partial charge in [0.15, 0.2) is 0 Å². The van der Waals surface area contributed by atoms with Gasteiger partial charge in [-0.3, -0.25) is 0 Å². The average Bonchev–Trinajstić information content (AvgIpc) is 2.52. The van der Waals surface area contributed by atoms with Gasteiger partial charge in [-0.2, -0.15) is 0 Å². The number of rotatable bonds is 4. The van der Waals surface area contributed by atoms with E-state index in [9.17, 15) is 0 Å². The fraction of sp³-hybridized carbons (Fsp3) is 0.556. The van der Waals surface area contributed by atoms with Crippen molar-refractivity contribution in [3.8, 4) is 0 Å². The molecule has 1 aromatic rings. The number of hydrogen-bond donors (Lipinski definition) is 1. The van der Waals surface area contributed by atoms with Gasteiger partial charge in [0, 0.05) is 12.5 Å². The fourth-order valence-electron chi connectivity index (χ4n) is 1.25. The monoisotopic (exact) mass is 153 g/mol. The maximum absolute atomic E-state index is 5.59. The Balaban J connectivity index is 2.56. The van der Waals surface area contributed by atoms with Gasteiger partial charge in [-0.1, -0.05) is 13.3 Å². The van der Waals surface area contributed by atoms with E-state index in [0.717, 1.165) is 18.6 Å². The zero-order valence-corrected chi connectivity index (χ0v) is 6.92. The fourth-order valence-corrected chi connectivity index (χ4v) is 1.25. The Morgan fingerprint density at radius 1 is 1.64 bits per heavy atom. The lowest BCUT2D eigenvalue weighted by molar-refractivity contribution is 0.447. The second kappa shape index (κ2) is 4.19. The molecule has 0 aliphatic rings. The van der Waals surface area contributed by atoms with E-state index in [-0.39, 0.29) is 0 Å². The summed E-state index contributed by atoms with van der Waals surface area (Å²) in [6.07, 6.45) is 3.97. The second-order valence-electron chi connectivity index (χ2n) is 2.74. The molecular formula is C9H15NO. The van der Waals surface area contributed by atoms with Gasteiger partial charge in [0.2, 0.25) is 0 Å². The van der Waals surface area contributed by atoms with E-state index in [4.69, 9.17) is 10.2 Å². The van der Waals surface area contributed by atoms with Crippen LogP contribution in [-0.4, -0.2) is 6.54 Å². The Labute approximate surface area is 67.4 Å². The average molecular weight is 153 g/mol. The van der Waals surface area contributed by atoms with E-state index in [1.54, 1.807) is 6.26 Å². The van der Waals surface area contributed by atoms with E-state index >= 15 is 0 Å². The second-order valence-corrected chi connectivity index (χ2v) is 2.74. The minimum Gasteiger partial charge on any atom is -0.469 e. The van der Waals surface area contributed by atoms with Crippen molar-refractivity contribution >= 4 is 0 Å². The SMILES string of the molecule is CCCC(CN)c1ccco1. The normalized spacial score (nSPS) is 13.3. The Hall–Kier alpha value is -0.760. The highest BCUT2D eigenvalue weighted by molar-refractivity contribution is 5.05. The molecule has 0 saturated heterocycles. The van der Waals surface area contributed by atoms with Gasteiger partial charge >= 0.3 is 0 Å². The van der Waals surface area contributed by atoms with E-state index in [1.165, 1.54) is 0 Å². The molecule has 0 amide bonds. The third kappa shape index (κ3) is 2.09.